The molecule has 3 fully saturated rings. The summed E-state index contributed by atoms with van der Waals surface area (Å²) in [5.74, 6) is -0.210. The van der Waals surface area contributed by atoms with Crippen LogP contribution in [0.3, 0.4) is 0 Å². The number of amides is 1. The number of carboxylic acid groups (broad SMARTS) is 1. The van der Waals surface area contributed by atoms with Crippen LogP contribution in [0.5, 0.6) is 0 Å². The van der Waals surface area contributed by atoms with Gasteiger partial charge in [-0.3, -0.25) is 14.9 Å². The molecule has 0 atom stereocenters. The molecule has 0 aromatic carbocycles. The van der Waals surface area contributed by atoms with Crippen molar-refractivity contribution in [3.8, 4) is 0 Å². The monoisotopic (exact) mass is 310 g/mol. The predicted octanol–water partition coefficient (Wildman–Crippen LogP) is 1.00. The first-order chi connectivity index (χ1) is 10.6. The molecule has 0 bridgehead atoms. The van der Waals surface area contributed by atoms with E-state index in [0.717, 1.165) is 38.8 Å². The molecule has 3 aliphatic rings. The van der Waals surface area contributed by atoms with Crippen molar-refractivity contribution in [1.29, 1.82) is 0 Å². The molecule has 2 aliphatic heterocycles. The lowest BCUT2D eigenvalue weighted by Crippen LogP contribution is -2.60. The fourth-order valence-electron chi connectivity index (χ4n) is 3.69. The largest absolute Gasteiger partial charge is 0.480 e. The standard InChI is InChI=1S/C16H26N2O4/c19-14(12-2-1-3-12)18-8-4-13(5-9-18)17-16(15(20)21)6-10-22-11-7-16/h12-13,17H,1-11H2,(H,20,21). The highest BCUT2D eigenvalue weighted by Crippen LogP contribution is 2.30. The number of nitrogens with zero attached hydrogens (tertiary/aromatic N) is 1. The second kappa shape index (κ2) is 6.54. The first-order valence-corrected chi connectivity index (χ1v) is 8.48. The number of hydrogen-bond acceptors (Lipinski definition) is 4. The van der Waals surface area contributed by atoms with E-state index < -0.39 is 11.5 Å². The van der Waals surface area contributed by atoms with Crippen LogP contribution in [0.15, 0.2) is 0 Å². The minimum absolute atomic E-state index is 0.180. The average Bonchev–Trinajstić information content (AvgIpc) is 2.47. The lowest BCUT2D eigenvalue weighted by Gasteiger charge is -2.41. The SMILES string of the molecule is O=C(C1CCC1)N1CCC(NC2(C(=O)O)CCOCC2)CC1. The van der Waals surface area contributed by atoms with Crippen LogP contribution in [-0.2, 0) is 14.3 Å². The van der Waals surface area contributed by atoms with Gasteiger partial charge >= 0.3 is 5.97 Å². The number of piperidine rings is 1. The zero-order chi connectivity index (χ0) is 15.6. The van der Waals surface area contributed by atoms with Crippen LogP contribution in [0.2, 0.25) is 0 Å². The van der Waals surface area contributed by atoms with Gasteiger partial charge < -0.3 is 14.7 Å². The maximum Gasteiger partial charge on any atom is 0.324 e. The molecule has 2 heterocycles. The molecule has 6 nitrogen and oxygen atoms in total. The number of carbonyl (C=O) groups excluding carboxylic acids is 1. The summed E-state index contributed by atoms with van der Waals surface area (Å²) in [4.78, 5) is 25.9. The molecule has 0 aromatic rings. The first kappa shape index (κ1) is 15.7. The average molecular weight is 310 g/mol. The van der Waals surface area contributed by atoms with Crippen LogP contribution < -0.4 is 5.32 Å². The van der Waals surface area contributed by atoms with E-state index in [1.807, 2.05) is 4.90 Å². The van der Waals surface area contributed by atoms with Gasteiger partial charge in [0.25, 0.3) is 0 Å². The van der Waals surface area contributed by atoms with E-state index in [1.54, 1.807) is 0 Å². The molecule has 6 heteroatoms. The molecular formula is C16H26N2O4. The quantitative estimate of drug-likeness (QED) is 0.810. The Hall–Kier alpha value is -1.14. The second-order valence-corrected chi connectivity index (χ2v) is 6.87. The third-order valence-corrected chi connectivity index (χ3v) is 5.50. The van der Waals surface area contributed by atoms with Gasteiger partial charge in [-0.2, -0.15) is 0 Å². The molecule has 0 unspecified atom stereocenters. The zero-order valence-electron chi connectivity index (χ0n) is 13.1. The molecule has 2 saturated heterocycles. The molecule has 0 spiro atoms. The zero-order valence-corrected chi connectivity index (χ0v) is 13.1. The van der Waals surface area contributed by atoms with Crippen LogP contribution in [-0.4, -0.2) is 59.8 Å². The Kier molecular flexibility index (Phi) is 4.68. The summed E-state index contributed by atoms with van der Waals surface area (Å²) in [7, 11) is 0. The van der Waals surface area contributed by atoms with Gasteiger partial charge in [0.2, 0.25) is 5.91 Å². The smallest absolute Gasteiger partial charge is 0.324 e. The van der Waals surface area contributed by atoms with Gasteiger partial charge in [0.05, 0.1) is 0 Å². The third kappa shape index (κ3) is 3.13. The normalized spacial score (nSPS) is 26.5. The molecule has 1 amide bonds. The summed E-state index contributed by atoms with van der Waals surface area (Å²) in [6.07, 6.45) is 5.98. The third-order valence-electron chi connectivity index (χ3n) is 5.50. The summed E-state index contributed by atoms with van der Waals surface area (Å²) in [6, 6.07) is 0.180. The second-order valence-electron chi connectivity index (χ2n) is 6.87. The summed E-state index contributed by atoms with van der Waals surface area (Å²) in [6.45, 7) is 2.50. The number of carboxylic acids is 1. The lowest BCUT2D eigenvalue weighted by atomic mass is 9.83. The van der Waals surface area contributed by atoms with E-state index in [1.165, 1.54) is 6.42 Å². The van der Waals surface area contributed by atoms with E-state index in [9.17, 15) is 14.7 Å². The van der Waals surface area contributed by atoms with Crippen molar-refractivity contribution in [1.82, 2.24) is 10.2 Å². The van der Waals surface area contributed by atoms with Crippen molar-refractivity contribution in [3.63, 3.8) is 0 Å². The Morgan fingerprint density at radius 3 is 2.23 bits per heavy atom. The van der Waals surface area contributed by atoms with Crippen LogP contribution in [0.4, 0.5) is 0 Å². The van der Waals surface area contributed by atoms with Gasteiger partial charge in [0, 0.05) is 38.3 Å². The van der Waals surface area contributed by atoms with Crippen molar-refractivity contribution in [2.24, 2.45) is 5.92 Å². The fourth-order valence-corrected chi connectivity index (χ4v) is 3.69. The molecule has 22 heavy (non-hydrogen) atoms. The predicted molar refractivity (Wildman–Crippen MR) is 80.5 cm³/mol. The van der Waals surface area contributed by atoms with Crippen molar-refractivity contribution in [3.05, 3.63) is 0 Å². The fraction of sp³-hybridized carbons (Fsp3) is 0.875. The van der Waals surface area contributed by atoms with Gasteiger partial charge in [0.15, 0.2) is 0 Å². The minimum Gasteiger partial charge on any atom is -0.480 e. The number of ether oxygens (including phenoxy) is 1. The molecule has 1 aliphatic carbocycles. The molecule has 2 N–H and O–H groups in total. The van der Waals surface area contributed by atoms with Crippen LogP contribution in [0.1, 0.15) is 44.9 Å². The van der Waals surface area contributed by atoms with Gasteiger partial charge in [0.1, 0.15) is 5.54 Å². The Morgan fingerprint density at radius 1 is 1.09 bits per heavy atom. The molecule has 3 rings (SSSR count). The number of aliphatic carboxylic acids is 1. The van der Waals surface area contributed by atoms with E-state index in [2.05, 4.69) is 5.32 Å². The molecule has 124 valence electrons. The van der Waals surface area contributed by atoms with E-state index in [4.69, 9.17) is 4.74 Å². The number of likely N-dealkylation sites (tertiary alicyclic amines) is 1. The highest BCUT2D eigenvalue weighted by Gasteiger charge is 2.42. The van der Waals surface area contributed by atoms with Gasteiger partial charge in [-0.25, -0.2) is 0 Å². The maximum absolute atomic E-state index is 12.2. The van der Waals surface area contributed by atoms with Gasteiger partial charge in [-0.05, 0) is 38.5 Å². The summed E-state index contributed by atoms with van der Waals surface area (Å²) in [5, 5.41) is 13.0. The van der Waals surface area contributed by atoms with Crippen LogP contribution in [0, 0.1) is 5.92 Å². The Bertz CT molecular complexity index is 422. The Morgan fingerprint density at radius 2 is 1.73 bits per heavy atom. The van der Waals surface area contributed by atoms with Crippen molar-refractivity contribution in [2.45, 2.75) is 56.5 Å². The van der Waals surface area contributed by atoms with Gasteiger partial charge in [-0.1, -0.05) is 6.42 Å². The summed E-state index contributed by atoms with van der Waals surface area (Å²) in [5.41, 5.74) is -0.844. The highest BCUT2D eigenvalue weighted by atomic mass is 16.5. The molecule has 1 saturated carbocycles. The Labute approximate surface area is 131 Å². The number of nitrogens with one attached hydrogen (secondary N) is 1. The maximum atomic E-state index is 12.2. The molecule has 0 aromatic heterocycles. The lowest BCUT2D eigenvalue weighted by molar-refractivity contribution is -0.150. The minimum atomic E-state index is -0.844. The Balaban J connectivity index is 1.52. The number of rotatable bonds is 4. The van der Waals surface area contributed by atoms with Crippen LogP contribution >= 0.6 is 0 Å². The van der Waals surface area contributed by atoms with E-state index >= 15 is 0 Å². The van der Waals surface area contributed by atoms with E-state index in [0.29, 0.717) is 32.0 Å². The summed E-state index contributed by atoms with van der Waals surface area (Å²) >= 11 is 0. The van der Waals surface area contributed by atoms with Gasteiger partial charge in [-0.15, -0.1) is 0 Å². The van der Waals surface area contributed by atoms with Crippen molar-refractivity contribution < 1.29 is 19.4 Å². The molecule has 0 radical (unpaired) electrons. The first-order valence-electron chi connectivity index (χ1n) is 8.48. The number of carbonyl (C=O) groups is 2. The van der Waals surface area contributed by atoms with Crippen molar-refractivity contribution in [2.75, 3.05) is 26.3 Å². The number of hydrogen-bond donors (Lipinski definition) is 2. The highest BCUT2D eigenvalue weighted by molar-refractivity contribution is 5.80. The molecular weight excluding hydrogens is 284 g/mol. The topological polar surface area (TPSA) is 78.9 Å². The van der Waals surface area contributed by atoms with Crippen LogP contribution in [0.25, 0.3) is 0 Å². The van der Waals surface area contributed by atoms with E-state index in [-0.39, 0.29) is 12.0 Å². The summed E-state index contributed by atoms with van der Waals surface area (Å²) < 4.78 is 5.30. The van der Waals surface area contributed by atoms with Crippen molar-refractivity contribution >= 4 is 11.9 Å².